The number of pyridine rings is 1. The second-order valence-electron chi connectivity index (χ2n) is 8.18. The highest BCUT2D eigenvalue weighted by Crippen LogP contribution is 2.30. The molecule has 1 aliphatic rings. The molecule has 34 heavy (non-hydrogen) atoms. The molecular formula is C25H27FN4O3S. The maximum atomic E-state index is 13.5. The molecule has 7 nitrogen and oxygen atoms in total. The van der Waals surface area contributed by atoms with Crippen molar-refractivity contribution >= 4 is 28.2 Å². The van der Waals surface area contributed by atoms with Gasteiger partial charge in [-0.2, -0.15) is 0 Å². The molecule has 0 spiro atoms. The number of aromatic nitrogens is 3. The van der Waals surface area contributed by atoms with Crippen LogP contribution in [0.4, 0.5) is 4.39 Å². The van der Waals surface area contributed by atoms with Gasteiger partial charge in [-0.25, -0.2) is 19.2 Å². The Labute approximate surface area is 201 Å². The number of para-hydroxylation sites is 1. The van der Waals surface area contributed by atoms with E-state index in [1.807, 2.05) is 12.3 Å². The Balaban J connectivity index is 0.000000161. The van der Waals surface area contributed by atoms with Crippen molar-refractivity contribution in [2.24, 2.45) is 5.92 Å². The third-order valence-corrected chi connectivity index (χ3v) is 6.62. The molecule has 1 fully saturated rings. The van der Waals surface area contributed by atoms with Gasteiger partial charge in [0, 0.05) is 29.4 Å². The van der Waals surface area contributed by atoms with Crippen molar-refractivity contribution in [2.75, 3.05) is 20.2 Å². The number of aromatic amines is 1. The van der Waals surface area contributed by atoms with E-state index in [9.17, 15) is 9.18 Å². The van der Waals surface area contributed by atoms with Crippen LogP contribution in [0.1, 0.15) is 33.9 Å². The molecule has 3 N–H and O–H groups in total. The lowest BCUT2D eigenvalue weighted by Gasteiger charge is -2.02. The zero-order valence-corrected chi connectivity index (χ0v) is 19.9. The molecule has 0 atom stereocenters. The Morgan fingerprint density at radius 2 is 2.15 bits per heavy atom. The molecule has 1 saturated carbocycles. The average Bonchev–Trinajstić information content (AvgIpc) is 3.43. The van der Waals surface area contributed by atoms with Crippen LogP contribution in [0.5, 0.6) is 5.88 Å². The second kappa shape index (κ2) is 10.8. The number of H-pyrrole nitrogens is 1. The van der Waals surface area contributed by atoms with Crippen LogP contribution in [-0.4, -0.2) is 46.2 Å². The summed E-state index contributed by atoms with van der Waals surface area (Å²) in [6.07, 6.45) is 7.22. The number of thiazole rings is 1. The standard InChI is InChI=1S/C14H17FN2.C11H10N2O3S/c15-13-3-1-2-12-11(9-17-14(12)13)6-7-16-8-10-4-5-10;1-6-13-9(11(14)15)10(17-6)7-3-4-8(16-2)12-5-7/h1-3,9-10,16-17H,4-8H2;3-5H,1-2H3,(H,14,15). The number of hydrogen-bond acceptors (Lipinski definition) is 6. The van der Waals surface area contributed by atoms with Crippen molar-refractivity contribution in [2.45, 2.75) is 26.2 Å². The number of fused-ring (bicyclic) bond motifs is 1. The summed E-state index contributed by atoms with van der Waals surface area (Å²) in [5, 5.41) is 14.2. The van der Waals surface area contributed by atoms with Gasteiger partial charge in [-0.15, -0.1) is 11.3 Å². The number of nitrogens with one attached hydrogen (secondary N) is 2. The van der Waals surface area contributed by atoms with Crippen LogP contribution in [0.3, 0.4) is 0 Å². The van der Waals surface area contributed by atoms with E-state index in [2.05, 4.69) is 20.3 Å². The molecule has 9 heteroatoms. The number of nitrogens with zero attached hydrogens (tertiary/aromatic N) is 2. The van der Waals surface area contributed by atoms with Crippen LogP contribution in [0, 0.1) is 18.7 Å². The lowest BCUT2D eigenvalue weighted by atomic mass is 10.1. The smallest absolute Gasteiger partial charge is 0.356 e. The van der Waals surface area contributed by atoms with E-state index >= 15 is 0 Å². The van der Waals surface area contributed by atoms with Crippen molar-refractivity contribution in [3.05, 3.63) is 64.8 Å². The summed E-state index contributed by atoms with van der Waals surface area (Å²) in [5.74, 6) is 0.210. The number of carbonyl (C=O) groups is 1. The molecule has 3 heterocycles. The van der Waals surface area contributed by atoms with Crippen molar-refractivity contribution in [3.63, 3.8) is 0 Å². The van der Waals surface area contributed by atoms with Gasteiger partial charge in [0.2, 0.25) is 5.88 Å². The first kappa shape index (κ1) is 23.8. The van der Waals surface area contributed by atoms with Crippen LogP contribution < -0.4 is 10.1 Å². The Bertz CT molecular complexity index is 1270. The second-order valence-corrected chi connectivity index (χ2v) is 9.38. The highest BCUT2D eigenvalue weighted by Gasteiger charge is 2.20. The third-order valence-electron chi connectivity index (χ3n) is 5.60. The number of methoxy groups -OCH3 is 1. The molecule has 3 aromatic heterocycles. The predicted octanol–water partition coefficient (Wildman–Crippen LogP) is 5.07. The summed E-state index contributed by atoms with van der Waals surface area (Å²) in [5.41, 5.74) is 2.63. The molecule has 5 rings (SSSR count). The highest BCUT2D eigenvalue weighted by molar-refractivity contribution is 7.15. The zero-order valence-electron chi connectivity index (χ0n) is 19.1. The van der Waals surface area contributed by atoms with Gasteiger partial charge in [-0.1, -0.05) is 12.1 Å². The van der Waals surface area contributed by atoms with Gasteiger partial charge in [0.25, 0.3) is 0 Å². The molecular weight excluding hydrogens is 455 g/mol. The van der Waals surface area contributed by atoms with Gasteiger partial charge in [-0.3, -0.25) is 0 Å². The van der Waals surface area contributed by atoms with E-state index in [1.54, 1.807) is 31.3 Å². The lowest BCUT2D eigenvalue weighted by molar-refractivity contribution is 0.0692. The highest BCUT2D eigenvalue weighted by atomic mass is 32.1. The maximum absolute atomic E-state index is 13.5. The number of carboxylic acid groups (broad SMARTS) is 1. The van der Waals surface area contributed by atoms with E-state index in [-0.39, 0.29) is 11.5 Å². The summed E-state index contributed by atoms with van der Waals surface area (Å²) >= 11 is 1.34. The zero-order chi connectivity index (χ0) is 24.1. The largest absolute Gasteiger partial charge is 0.481 e. The molecule has 1 aliphatic carbocycles. The minimum Gasteiger partial charge on any atom is -0.481 e. The Kier molecular flexibility index (Phi) is 7.54. The van der Waals surface area contributed by atoms with Crippen molar-refractivity contribution in [3.8, 4) is 16.3 Å². The number of carboxylic acids is 1. The summed E-state index contributed by atoms with van der Waals surface area (Å²) < 4.78 is 18.4. The van der Waals surface area contributed by atoms with E-state index < -0.39 is 5.97 Å². The van der Waals surface area contributed by atoms with E-state index in [0.717, 1.165) is 36.4 Å². The van der Waals surface area contributed by atoms with Crippen molar-refractivity contribution < 1.29 is 19.0 Å². The number of benzene rings is 1. The first-order valence-electron chi connectivity index (χ1n) is 11.1. The van der Waals surface area contributed by atoms with Gasteiger partial charge in [0.15, 0.2) is 5.69 Å². The average molecular weight is 483 g/mol. The predicted molar refractivity (Wildman–Crippen MR) is 131 cm³/mol. The Morgan fingerprint density at radius 3 is 2.82 bits per heavy atom. The van der Waals surface area contributed by atoms with Gasteiger partial charge in [-0.05, 0) is 62.9 Å². The summed E-state index contributed by atoms with van der Waals surface area (Å²) in [4.78, 5) is 22.7. The molecule has 0 unspecified atom stereocenters. The fourth-order valence-electron chi connectivity index (χ4n) is 3.64. The van der Waals surface area contributed by atoms with E-state index in [4.69, 9.17) is 9.84 Å². The van der Waals surface area contributed by atoms with Crippen LogP contribution in [-0.2, 0) is 6.42 Å². The molecule has 0 bridgehead atoms. The van der Waals surface area contributed by atoms with Crippen LogP contribution in [0.2, 0.25) is 0 Å². The van der Waals surface area contributed by atoms with Crippen molar-refractivity contribution in [1.29, 1.82) is 0 Å². The Hall–Kier alpha value is -3.30. The molecule has 0 radical (unpaired) electrons. The van der Waals surface area contributed by atoms with Gasteiger partial charge in [0.05, 0.1) is 22.5 Å². The lowest BCUT2D eigenvalue weighted by Crippen LogP contribution is -2.19. The molecule has 1 aromatic carbocycles. The minimum atomic E-state index is -1.03. The van der Waals surface area contributed by atoms with E-state index in [0.29, 0.717) is 21.3 Å². The monoisotopic (exact) mass is 482 g/mol. The number of aryl methyl sites for hydroxylation is 1. The number of halogens is 1. The molecule has 0 saturated heterocycles. The summed E-state index contributed by atoms with van der Waals surface area (Å²) in [6.45, 7) is 3.88. The number of rotatable bonds is 8. The summed E-state index contributed by atoms with van der Waals surface area (Å²) in [6, 6.07) is 8.70. The SMILES string of the molecule is COc1ccc(-c2sc(C)nc2C(=O)O)cn1.Fc1cccc2c(CCNCC3CC3)c[nH]c12. The first-order valence-corrected chi connectivity index (χ1v) is 11.9. The topological polar surface area (TPSA) is 100 Å². The fraction of sp³-hybridized carbons (Fsp3) is 0.320. The quantitative estimate of drug-likeness (QED) is 0.303. The van der Waals surface area contributed by atoms with Crippen LogP contribution in [0.15, 0.2) is 42.7 Å². The maximum Gasteiger partial charge on any atom is 0.356 e. The first-order chi connectivity index (χ1) is 16.5. The summed E-state index contributed by atoms with van der Waals surface area (Å²) in [7, 11) is 1.53. The minimum absolute atomic E-state index is 0.0690. The van der Waals surface area contributed by atoms with Gasteiger partial charge < -0.3 is 20.1 Å². The third kappa shape index (κ3) is 5.78. The molecule has 178 valence electrons. The van der Waals surface area contributed by atoms with Crippen LogP contribution >= 0.6 is 11.3 Å². The van der Waals surface area contributed by atoms with Gasteiger partial charge in [0.1, 0.15) is 5.82 Å². The van der Waals surface area contributed by atoms with Crippen molar-refractivity contribution in [1.82, 2.24) is 20.3 Å². The normalized spacial score (nSPS) is 12.9. The molecule has 0 amide bonds. The number of aromatic carboxylic acids is 1. The molecule has 4 aromatic rings. The fourth-order valence-corrected chi connectivity index (χ4v) is 4.54. The Morgan fingerprint density at radius 1 is 1.32 bits per heavy atom. The number of ether oxygens (including phenoxy) is 1. The number of hydrogen-bond donors (Lipinski definition) is 3. The van der Waals surface area contributed by atoms with E-state index in [1.165, 1.54) is 42.9 Å². The molecule has 0 aliphatic heterocycles. The van der Waals surface area contributed by atoms with Crippen LogP contribution in [0.25, 0.3) is 21.3 Å². The van der Waals surface area contributed by atoms with Gasteiger partial charge >= 0.3 is 5.97 Å².